The maximum atomic E-state index is 11.4. The summed E-state index contributed by atoms with van der Waals surface area (Å²) in [5.41, 5.74) is -0.459. The molecule has 0 aromatic heterocycles. The number of amides is 1. The van der Waals surface area contributed by atoms with Gasteiger partial charge in [-0.05, 0) is 41.0 Å². The summed E-state index contributed by atoms with van der Waals surface area (Å²) in [7, 11) is 0. The molecule has 0 radical (unpaired) electrons. The second kappa shape index (κ2) is 5.23. The molecule has 1 N–H and O–H groups in total. The van der Waals surface area contributed by atoms with E-state index in [0.29, 0.717) is 13.2 Å². The van der Waals surface area contributed by atoms with Crippen molar-refractivity contribution in [1.29, 1.82) is 0 Å². The third-order valence-corrected chi connectivity index (χ3v) is 2.20. The maximum absolute atomic E-state index is 11.4. The Hall–Kier alpha value is -0.810. The normalized spacial score (nSPS) is 23.5. The van der Waals surface area contributed by atoms with E-state index in [4.69, 9.17) is 14.2 Å². The quantitative estimate of drug-likeness (QED) is 0.826. The van der Waals surface area contributed by atoms with Crippen LogP contribution in [0.4, 0.5) is 4.79 Å². The minimum atomic E-state index is -0.503. The van der Waals surface area contributed by atoms with E-state index >= 15 is 0 Å². The largest absolute Gasteiger partial charge is 0.444 e. The van der Waals surface area contributed by atoms with Crippen LogP contribution in [0.2, 0.25) is 0 Å². The first-order valence-corrected chi connectivity index (χ1v) is 5.97. The zero-order valence-electron chi connectivity index (χ0n) is 11.3. The third kappa shape index (κ3) is 5.89. The second-order valence-electron chi connectivity index (χ2n) is 5.67. The number of alkyl carbamates (subject to hydrolysis) is 1. The Morgan fingerprint density at radius 1 is 1.47 bits per heavy atom. The summed E-state index contributed by atoms with van der Waals surface area (Å²) < 4.78 is 16.2. The van der Waals surface area contributed by atoms with Crippen LogP contribution < -0.4 is 5.32 Å². The van der Waals surface area contributed by atoms with Crippen LogP contribution in [-0.2, 0) is 14.2 Å². The lowest BCUT2D eigenvalue weighted by molar-refractivity contribution is -0.138. The molecule has 1 atom stereocenters. The van der Waals surface area contributed by atoms with E-state index in [1.54, 1.807) is 0 Å². The van der Waals surface area contributed by atoms with Crippen LogP contribution in [0.3, 0.4) is 0 Å². The fraction of sp³-hybridized carbons (Fsp3) is 0.917. The van der Waals surface area contributed by atoms with Crippen molar-refractivity contribution in [2.75, 3.05) is 13.2 Å². The Balaban J connectivity index is 2.15. The summed E-state index contributed by atoms with van der Waals surface area (Å²) in [5, 5.41) is 2.70. The van der Waals surface area contributed by atoms with Gasteiger partial charge in [0, 0.05) is 6.54 Å². The summed E-state index contributed by atoms with van der Waals surface area (Å²) in [4.78, 5) is 11.4. The van der Waals surface area contributed by atoms with Crippen LogP contribution in [0.25, 0.3) is 0 Å². The minimum absolute atomic E-state index is 0.0416. The number of ether oxygens (including phenoxy) is 3. The molecule has 1 amide bonds. The summed E-state index contributed by atoms with van der Waals surface area (Å²) in [5.74, 6) is -0.503. The molecule has 0 saturated carbocycles. The molecule has 5 nitrogen and oxygen atoms in total. The van der Waals surface area contributed by atoms with Crippen LogP contribution in [-0.4, -0.2) is 36.7 Å². The molecule has 1 aliphatic rings. The topological polar surface area (TPSA) is 56.8 Å². The van der Waals surface area contributed by atoms with Gasteiger partial charge in [0.15, 0.2) is 5.79 Å². The van der Waals surface area contributed by atoms with Crippen molar-refractivity contribution >= 4 is 6.09 Å². The molecule has 0 aliphatic carbocycles. The molecule has 100 valence electrons. The molecular weight excluding hydrogens is 222 g/mol. The summed E-state index contributed by atoms with van der Waals surface area (Å²) in [6.07, 6.45) is 0.374. The van der Waals surface area contributed by atoms with Gasteiger partial charge in [-0.15, -0.1) is 0 Å². The number of rotatable bonds is 3. The molecule has 1 fully saturated rings. The number of carbonyl (C=O) groups excluding carboxylic acids is 1. The molecule has 0 aromatic rings. The third-order valence-electron chi connectivity index (χ3n) is 2.20. The first kappa shape index (κ1) is 14.3. The maximum Gasteiger partial charge on any atom is 0.407 e. The van der Waals surface area contributed by atoms with Crippen molar-refractivity contribution in [3.8, 4) is 0 Å². The molecule has 0 aromatic carbocycles. The first-order valence-electron chi connectivity index (χ1n) is 5.97. The van der Waals surface area contributed by atoms with Crippen molar-refractivity contribution in [1.82, 2.24) is 5.32 Å². The number of hydrogen-bond donors (Lipinski definition) is 1. The fourth-order valence-electron chi connectivity index (χ4n) is 1.55. The first-order chi connectivity index (χ1) is 7.68. The number of hydrogen-bond acceptors (Lipinski definition) is 4. The highest BCUT2D eigenvalue weighted by Crippen LogP contribution is 2.23. The smallest absolute Gasteiger partial charge is 0.407 e. The molecule has 0 bridgehead atoms. The summed E-state index contributed by atoms with van der Waals surface area (Å²) in [6, 6.07) is 0. The van der Waals surface area contributed by atoms with Crippen molar-refractivity contribution < 1.29 is 19.0 Å². The number of carbonyl (C=O) groups is 1. The molecule has 1 heterocycles. The monoisotopic (exact) mass is 245 g/mol. The van der Waals surface area contributed by atoms with Crippen LogP contribution in [0.15, 0.2) is 0 Å². The van der Waals surface area contributed by atoms with E-state index in [2.05, 4.69) is 5.32 Å². The lowest BCUT2D eigenvalue weighted by Crippen LogP contribution is -2.34. The van der Waals surface area contributed by atoms with Gasteiger partial charge in [0.1, 0.15) is 5.60 Å². The second-order valence-corrected chi connectivity index (χ2v) is 5.67. The van der Waals surface area contributed by atoms with Crippen LogP contribution in [0.1, 0.15) is 41.0 Å². The van der Waals surface area contributed by atoms with E-state index in [1.165, 1.54) is 0 Å². The fourth-order valence-corrected chi connectivity index (χ4v) is 1.55. The van der Waals surface area contributed by atoms with Crippen molar-refractivity contribution in [2.45, 2.75) is 58.5 Å². The van der Waals surface area contributed by atoms with Gasteiger partial charge in [0.25, 0.3) is 0 Å². The lowest BCUT2D eigenvalue weighted by atomic mass is 10.2. The Morgan fingerprint density at radius 3 is 2.59 bits per heavy atom. The molecule has 1 rings (SSSR count). The van der Waals surface area contributed by atoms with Gasteiger partial charge in [0.05, 0.1) is 12.7 Å². The van der Waals surface area contributed by atoms with Crippen LogP contribution in [0, 0.1) is 0 Å². The molecular formula is C12H23NO4. The zero-order valence-corrected chi connectivity index (χ0v) is 11.3. The van der Waals surface area contributed by atoms with Crippen molar-refractivity contribution in [3.05, 3.63) is 0 Å². The van der Waals surface area contributed by atoms with Crippen LogP contribution >= 0.6 is 0 Å². The molecule has 1 aliphatic heterocycles. The molecule has 0 unspecified atom stereocenters. The van der Waals surface area contributed by atoms with Gasteiger partial charge >= 0.3 is 6.09 Å². The van der Waals surface area contributed by atoms with E-state index in [1.807, 2.05) is 34.6 Å². The van der Waals surface area contributed by atoms with E-state index in [0.717, 1.165) is 6.42 Å². The molecule has 17 heavy (non-hydrogen) atoms. The summed E-state index contributed by atoms with van der Waals surface area (Å²) in [6.45, 7) is 10.4. The van der Waals surface area contributed by atoms with Gasteiger partial charge in [-0.2, -0.15) is 0 Å². The average Bonchev–Trinajstić information content (AvgIpc) is 2.42. The molecule has 1 saturated heterocycles. The zero-order chi connectivity index (χ0) is 13.1. The van der Waals surface area contributed by atoms with Crippen molar-refractivity contribution in [2.24, 2.45) is 0 Å². The Kier molecular flexibility index (Phi) is 4.38. The van der Waals surface area contributed by atoms with Crippen LogP contribution in [0.5, 0.6) is 0 Å². The highest BCUT2D eigenvalue weighted by atomic mass is 16.7. The molecule has 5 heteroatoms. The average molecular weight is 245 g/mol. The van der Waals surface area contributed by atoms with Gasteiger partial charge < -0.3 is 19.5 Å². The highest BCUT2D eigenvalue weighted by molar-refractivity contribution is 5.67. The van der Waals surface area contributed by atoms with Crippen molar-refractivity contribution in [3.63, 3.8) is 0 Å². The van der Waals surface area contributed by atoms with Gasteiger partial charge in [-0.3, -0.25) is 0 Å². The SMILES string of the molecule is CC(C)(C)OC(=O)NCC[C@H]1COC(C)(C)O1. The predicted molar refractivity (Wildman–Crippen MR) is 63.8 cm³/mol. The Morgan fingerprint density at radius 2 is 2.12 bits per heavy atom. The summed E-state index contributed by atoms with van der Waals surface area (Å²) >= 11 is 0. The number of nitrogens with one attached hydrogen (secondary N) is 1. The Bertz CT molecular complexity index is 270. The standard InChI is InChI=1S/C12H23NO4/c1-11(2,3)17-10(14)13-7-6-9-8-15-12(4,5)16-9/h9H,6-8H2,1-5H3,(H,13,14)/t9-/m0/s1. The van der Waals surface area contributed by atoms with Gasteiger partial charge in [0.2, 0.25) is 0 Å². The highest BCUT2D eigenvalue weighted by Gasteiger charge is 2.32. The van der Waals surface area contributed by atoms with E-state index in [-0.39, 0.29) is 6.10 Å². The van der Waals surface area contributed by atoms with Gasteiger partial charge in [-0.25, -0.2) is 4.79 Å². The lowest BCUT2D eigenvalue weighted by Gasteiger charge is -2.20. The van der Waals surface area contributed by atoms with E-state index in [9.17, 15) is 4.79 Å². The Labute approximate surface area is 103 Å². The minimum Gasteiger partial charge on any atom is -0.444 e. The van der Waals surface area contributed by atoms with E-state index < -0.39 is 17.5 Å². The van der Waals surface area contributed by atoms with Gasteiger partial charge in [-0.1, -0.05) is 0 Å². The predicted octanol–water partition coefficient (Wildman–Crippen LogP) is 2.05. The molecule has 0 spiro atoms.